The molecule has 29 heavy (non-hydrogen) atoms. The maximum absolute atomic E-state index is 10.7. The molecular weight excluding hydrogens is 358 g/mol. The second kappa shape index (κ2) is 10.1. The van der Waals surface area contributed by atoms with Crippen LogP contribution in [-0.4, -0.2) is 36.9 Å². The number of nitrogens with zero attached hydrogens (tertiary/aromatic N) is 1. The third-order valence-electron chi connectivity index (χ3n) is 6.73. The van der Waals surface area contributed by atoms with Gasteiger partial charge in [0.05, 0.1) is 6.61 Å². The number of benzene rings is 2. The van der Waals surface area contributed by atoms with Crippen molar-refractivity contribution in [1.82, 2.24) is 4.90 Å². The molecule has 0 unspecified atom stereocenters. The van der Waals surface area contributed by atoms with Crippen molar-refractivity contribution < 1.29 is 9.53 Å². The first-order valence-electron chi connectivity index (χ1n) is 11.3. The molecule has 1 aliphatic heterocycles. The van der Waals surface area contributed by atoms with E-state index in [0.29, 0.717) is 5.56 Å². The Bertz CT molecular complexity index is 754. The lowest BCUT2D eigenvalue weighted by atomic mass is 9.89. The van der Waals surface area contributed by atoms with Crippen LogP contribution in [0.1, 0.15) is 56.9 Å². The van der Waals surface area contributed by atoms with Crippen molar-refractivity contribution in [2.45, 2.75) is 57.4 Å². The summed E-state index contributed by atoms with van der Waals surface area (Å²) < 4.78 is 6.01. The van der Waals surface area contributed by atoms with Gasteiger partial charge >= 0.3 is 0 Å². The molecule has 2 fully saturated rings. The van der Waals surface area contributed by atoms with Gasteiger partial charge in [-0.25, -0.2) is 0 Å². The van der Waals surface area contributed by atoms with Crippen molar-refractivity contribution in [1.29, 1.82) is 0 Å². The van der Waals surface area contributed by atoms with Crippen molar-refractivity contribution in [3.8, 4) is 16.9 Å². The van der Waals surface area contributed by atoms with Gasteiger partial charge in [-0.1, -0.05) is 55.7 Å². The standard InChI is InChI=1S/C26H32NO2/c28-20-22-6-8-23(9-7-22)24-10-12-26(13-11-24)29-19-16-21-14-17-27(18-15-21)25-4-2-1-3-5-25/h6-13,21,25H,1-5,14-19H2. The number of ether oxygens (including phenoxy) is 1. The third kappa shape index (κ3) is 5.48. The normalized spacial score (nSPS) is 19.2. The van der Waals surface area contributed by atoms with E-state index in [1.165, 1.54) is 58.0 Å². The van der Waals surface area contributed by atoms with Gasteiger partial charge in [-0.3, -0.25) is 4.79 Å². The van der Waals surface area contributed by atoms with Crippen molar-refractivity contribution >= 4 is 6.29 Å². The summed E-state index contributed by atoms with van der Waals surface area (Å²) in [6, 6.07) is 16.6. The molecule has 2 aliphatic rings. The first-order valence-corrected chi connectivity index (χ1v) is 11.3. The van der Waals surface area contributed by atoms with Gasteiger partial charge in [0.25, 0.3) is 0 Å². The SMILES string of the molecule is O=[C]c1ccc(-c2ccc(OCCC3CCN(C4CCCCC4)CC3)cc2)cc1. The Kier molecular flexibility index (Phi) is 7.00. The minimum atomic E-state index is 0.582. The van der Waals surface area contributed by atoms with Crippen LogP contribution in [0.5, 0.6) is 5.75 Å². The van der Waals surface area contributed by atoms with Gasteiger partial charge in [-0.15, -0.1) is 0 Å². The van der Waals surface area contributed by atoms with E-state index in [9.17, 15) is 4.79 Å². The van der Waals surface area contributed by atoms with Crippen LogP contribution in [0.4, 0.5) is 0 Å². The number of likely N-dealkylation sites (tertiary alicyclic amines) is 1. The summed E-state index contributed by atoms with van der Waals surface area (Å²) in [5.74, 6) is 1.74. The fraction of sp³-hybridized carbons (Fsp3) is 0.500. The molecule has 153 valence electrons. The van der Waals surface area contributed by atoms with Crippen molar-refractivity contribution in [2.24, 2.45) is 5.92 Å². The number of carbonyl (C=O) groups excluding carboxylic acids is 1. The zero-order valence-electron chi connectivity index (χ0n) is 17.3. The number of hydrogen-bond acceptors (Lipinski definition) is 3. The number of piperidine rings is 1. The molecule has 0 spiro atoms. The highest BCUT2D eigenvalue weighted by molar-refractivity contribution is 5.77. The molecule has 0 bridgehead atoms. The second-order valence-electron chi connectivity index (χ2n) is 8.61. The lowest BCUT2D eigenvalue weighted by Crippen LogP contribution is -2.42. The highest BCUT2D eigenvalue weighted by Gasteiger charge is 2.25. The van der Waals surface area contributed by atoms with E-state index in [0.717, 1.165) is 41.9 Å². The topological polar surface area (TPSA) is 29.5 Å². The zero-order chi connectivity index (χ0) is 19.9. The Hall–Kier alpha value is -2.13. The molecule has 1 aliphatic carbocycles. The number of hydrogen-bond donors (Lipinski definition) is 0. The maximum Gasteiger partial charge on any atom is 0.233 e. The first kappa shape index (κ1) is 20.2. The summed E-state index contributed by atoms with van der Waals surface area (Å²) in [4.78, 5) is 13.4. The van der Waals surface area contributed by atoms with Gasteiger partial charge in [0.2, 0.25) is 6.29 Å². The molecule has 1 saturated carbocycles. The van der Waals surface area contributed by atoms with Gasteiger partial charge in [0, 0.05) is 11.6 Å². The van der Waals surface area contributed by atoms with Gasteiger partial charge in [-0.2, -0.15) is 0 Å². The van der Waals surface area contributed by atoms with E-state index in [1.807, 2.05) is 30.6 Å². The molecule has 0 atom stereocenters. The molecule has 2 aromatic carbocycles. The van der Waals surface area contributed by atoms with Crippen LogP contribution in [-0.2, 0) is 4.79 Å². The number of rotatable bonds is 7. The summed E-state index contributed by atoms with van der Waals surface area (Å²) in [6.07, 6.45) is 12.9. The van der Waals surface area contributed by atoms with E-state index < -0.39 is 0 Å². The van der Waals surface area contributed by atoms with Crippen LogP contribution in [0, 0.1) is 5.92 Å². The van der Waals surface area contributed by atoms with Crippen LogP contribution in [0.3, 0.4) is 0 Å². The van der Waals surface area contributed by atoms with Crippen molar-refractivity contribution in [3.05, 3.63) is 54.1 Å². The van der Waals surface area contributed by atoms with E-state index in [2.05, 4.69) is 17.0 Å². The molecule has 1 saturated heterocycles. The average molecular weight is 391 g/mol. The minimum absolute atomic E-state index is 0.582. The van der Waals surface area contributed by atoms with Crippen LogP contribution in [0.15, 0.2) is 48.5 Å². The van der Waals surface area contributed by atoms with E-state index >= 15 is 0 Å². The highest BCUT2D eigenvalue weighted by atomic mass is 16.5. The molecule has 4 rings (SSSR count). The smallest absolute Gasteiger partial charge is 0.233 e. The zero-order valence-corrected chi connectivity index (χ0v) is 17.3. The van der Waals surface area contributed by atoms with Crippen LogP contribution in [0.2, 0.25) is 0 Å². The molecule has 3 heteroatoms. The van der Waals surface area contributed by atoms with Gasteiger partial charge in [0.1, 0.15) is 5.75 Å². The fourth-order valence-electron chi connectivity index (χ4n) is 4.87. The Labute approximate surface area is 175 Å². The van der Waals surface area contributed by atoms with Gasteiger partial charge < -0.3 is 9.64 Å². The summed E-state index contributed by atoms with van der Waals surface area (Å²) in [5.41, 5.74) is 2.81. The molecule has 0 N–H and O–H groups in total. The minimum Gasteiger partial charge on any atom is -0.494 e. The van der Waals surface area contributed by atoms with Crippen LogP contribution >= 0.6 is 0 Å². The predicted molar refractivity (Wildman–Crippen MR) is 118 cm³/mol. The summed E-state index contributed by atoms with van der Waals surface area (Å²) in [7, 11) is 0. The lowest BCUT2D eigenvalue weighted by molar-refractivity contribution is 0.0991. The lowest BCUT2D eigenvalue weighted by Gasteiger charge is -2.39. The summed E-state index contributed by atoms with van der Waals surface area (Å²) in [6.45, 7) is 3.37. The second-order valence-corrected chi connectivity index (χ2v) is 8.61. The largest absolute Gasteiger partial charge is 0.494 e. The molecule has 3 nitrogen and oxygen atoms in total. The monoisotopic (exact) mass is 390 g/mol. The third-order valence-corrected chi connectivity index (χ3v) is 6.73. The Morgan fingerprint density at radius 1 is 0.828 bits per heavy atom. The van der Waals surface area contributed by atoms with Crippen molar-refractivity contribution in [3.63, 3.8) is 0 Å². The van der Waals surface area contributed by atoms with Gasteiger partial charge in [0.15, 0.2) is 0 Å². The summed E-state index contributed by atoms with van der Waals surface area (Å²) in [5, 5.41) is 0. The quantitative estimate of drug-likeness (QED) is 0.614. The molecule has 2 aromatic rings. The molecule has 0 aromatic heterocycles. The Balaban J connectivity index is 1.19. The Morgan fingerprint density at radius 2 is 1.45 bits per heavy atom. The molecule has 0 amide bonds. The van der Waals surface area contributed by atoms with Crippen molar-refractivity contribution in [2.75, 3.05) is 19.7 Å². The highest BCUT2D eigenvalue weighted by Crippen LogP contribution is 2.28. The molecule has 1 radical (unpaired) electrons. The first-order chi connectivity index (χ1) is 14.3. The van der Waals surface area contributed by atoms with E-state index in [1.54, 1.807) is 12.1 Å². The maximum atomic E-state index is 10.7. The van der Waals surface area contributed by atoms with E-state index in [4.69, 9.17) is 4.74 Å². The molecule has 1 heterocycles. The fourth-order valence-corrected chi connectivity index (χ4v) is 4.87. The van der Waals surface area contributed by atoms with Crippen LogP contribution in [0.25, 0.3) is 11.1 Å². The van der Waals surface area contributed by atoms with Crippen LogP contribution < -0.4 is 4.74 Å². The van der Waals surface area contributed by atoms with E-state index in [-0.39, 0.29) is 0 Å². The summed E-state index contributed by atoms with van der Waals surface area (Å²) >= 11 is 0. The molecular formula is C26H32NO2. The average Bonchev–Trinajstić information content (AvgIpc) is 2.81. The Morgan fingerprint density at radius 3 is 2.07 bits per heavy atom. The predicted octanol–water partition coefficient (Wildman–Crippen LogP) is 5.63. The van der Waals surface area contributed by atoms with Gasteiger partial charge in [-0.05, 0) is 74.4 Å².